The maximum absolute atomic E-state index is 14.0. The molecule has 2 unspecified atom stereocenters. The Morgan fingerprint density at radius 2 is 1.77 bits per heavy atom. The minimum absolute atomic E-state index is 0.0622. The smallest absolute Gasteiger partial charge is 0.229 e. The summed E-state index contributed by atoms with van der Waals surface area (Å²) >= 11 is 1.69. The molecule has 3 aliphatic rings. The minimum Gasteiger partial charge on any atom is -0.457 e. The van der Waals surface area contributed by atoms with Crippen LogP contribution in [0.4, 0.5) is 0 Å². The zero-order chi connectivity index (χ0) is 38.1. The van der Waals surface area contributed by atoms with E-state index in [2.05, 4.69) is 93.1 Å². The topological polar surface area (TPSA) is 101 Å². The van der Waals surface area contributed by atoms with E-state index in [9.17, 15) is 4.79 Å². The molecule has 1 aliphatic heterocycles. The lowest BCUT2D eigenvalue weighted by Crippen LogP contribution is -2.37. The number of unbranched alkanes of at least 4 members (excludes halogenated alkanes) is 4. The molecule has 2 aromatic carbocycles. The van der Waals surface area contributed by atoms with Crippen LogP contribution in [-0.4, -0.2) is 48.8 Å². The minimum atomic E-state index is -0.276. The van der Waals surface area contributed by atoms with Gasteiger partial charge in [-0.25, -0.2) is 4.99 Å². The third-order valence-electron chi connectivity index (χ3n) is 10.2. The number of amides is 1. The highest BCUT2D eigenvalue weighted by Crippen LogP contribution is 2.43. The van der Waals surface area contributed by atoms with Gasteiger partial charge < -0.3 is 20.1 Å². The van der Waals surface area contributed by atoms with Crippen molar-refractivity contribution in [3.63, 3.8) is 0 Å². The van der Waals surface area contributed by atoms with Crippen LogP contribution in [0.5, 0.6) is 5.75 Å². The average Bonchev–Trinajstić information content (AvgIpc) is 3.44. The van der Waals surface area contributed by atoms with E-state index >= 15 is 0 Å². The van der Waals surface area contributed by atoms with Crippen molar-refractivity contribution in [3.8, 4) is 5.75 Å². The fraction of sp³-hybridized carbons (Fsp3) is 0.444. The quantitative estimate of drug-likeness (QED) is 0.124. The Bertz CT molecular complexity index is 1900. The molecule has 282 valence electrons. The molecule has 5 rings (SSSR count). The van der Waals surface area contributed by atoms with Gasteiger partial charge in [-0.15, -0.1) is 0 Å². The first-order chi connectivity index (χ1) is 25.6. The highest BCUT2D eigenvalue weighted by atomic mass is 32.2. The number of allylic oxidation sites excluding steroid dienone is 6. The lowest BCUT2D eigenvalue weighted by atomic mass is 9.87. The molecular formula is C45H58N4O3S. The summed E-state index contributed by atoms with van der Waals surface area (Å²) in [6, 6.07) is 6.35. The van der Waals surface area contributed by atoms with Crippen molar-refractivity contribution < 1.29 is 14.3 Å². The summed E-state index contributed by atoms with van der Waals surface area (Å²) in [5.74, 6) is 2.00. The van der Waals surface area contributed by atoms with E-state index in [-0.39, 0.29) is 29.7 Å². The van der Waals surface area contributed by atoms with E-state index in [1.165, 1.54) is 0 Å². The number of ether oxygens (including phenoxy) is 2. The van der Waals surface area contributed by atoms with E-state index < -0.39 is 0 Å². The molecular weight excluding hydrogens is 677 g/mol. The number of carbonyl (C=O) groups is 1. The van der Waals surface area contributed by atoms with Gasteiger partial charge >= 0.3 is 0 Å². The number of methoxy groups -OCH3 is 1. The first-order valence-electron chi connectivity index (χ1n) is 19.4. The van der Waals surface area contributed by atoms with Crippen LogP contribution in [-0.2, 0) is 9.53 Å². The van der Waals surface area contributed by atoms with Crippen LogP contribution in [0, 0.1) is 11.3 Å². The Morgan fingerprint density at radius 3 is 2.43 bits per heavy atom. The van der Waals surface area contributed by atoms with Gasteiger partial charge in [-0.05, 0) is 98.4 Å². The van der Waals surface area contributed by atoms with Crippen LogP contribution in [0.3, 0.4) is 0 Å². The van der Waals surface area contributed by atoms with E-state index in [0.717, 1.165) is 101 Å². The second-order valence-corrected chi connectivity index (χ2v) is 15.7. The lowest BCUT2D eigenvalue weighted by Gasteiger charge is -2.27. The number of carbonyl (C=O) groups excluding carboxylic acids is 1. The number of nitrogens with one attached hydrogen (secondary N) is 1. The number of nitrogens with two attached hydrogens (primary N) is 1. The summed E-state index contributed by atoms with van der Waals surface area (Å²) in [5.41, 5.74) is 11.1. The molecule has 0 bridgehead atoms. The molecule has 8 heteroatoms. The van der Waals surface area contributed by atoms with Crippen LogP contribution in [0.1, 0.15) is 121 Å². The molecule has 1 heterocycles. The number of rotatable bonds is 17. The summed E-state index contributed by atoms with van der Waals surface area (Å²) in [7, 11) is 1.74. The van der Waals surface area contributed by atoms with E-state index in [4.69, 9.17) is 20.6 Å². The molecule has 53 heavy (non-hydrogen) atoms. The number of hydrogen-bond acceptors (Lipinski definition) is 6. The second kappa shape index (κ2) is 18.8. The number of benzene rings is 2. The second-order valence-electron chi connectivity index (χ2n) is 14.5. The number of aliphatic imine (C=N–C) groups is 1. The SMILES string of the molecule is C/C=C(\C=C(/C)c1c2c(cc3cc(C(C)C)cc(OC4=CC(C(=O)N(CCCCC)CCCCC)CC=C4)c13)C(=N)N=C2N)SC1=CC(OC)CC=C1. The first kappa shape index (κ1) is 40.1. The molecule has 0 saturated heterocycles. The third-order valence-corrected chi connectivity index (χ3v) is 11.3. The number of thioether (sulfide) groups is 1. The molecule has 1 amide bonds. The molecule has 2 aliphatic carbocycles. The fourth-order valence-corrected chi connectivity index (χ4v) is 8.18. The van der Waals surface area contributed by atoms with Crippen LogP contribution in [0.15, 0.2) is 87.4 Å². The third kappa shape index (κ3) is 9.70. The molecule has 0 radical (unpaired) electrons. The first-order valence-corrected chi connectivity index (χ1v) is 20.3. The highest BCUT2D eigenvalue weighted by molar-refractivity contribution is 8.07. The Hall–Kier alpha value is -4.14. The molecule has 0 saturated carbocycles. The normalized spacial score (nSPS) is 18.7. The number of fused-ring (bicyclic) bond motifs is 2. The molecule has 2 atom stereocenters. The molecule has 7 nitrogen and oxygen atoms in total. The predicted molar refractivity (Wildman–Crippen MR) is 225 cm³/mol. The standard InChI is InChI=1S/C45H58N4O3S/c1-8-11-13-21-49(22-14-12-9-2)45(50)31-17-15-19-35(25-31)52-39-27-32(29(4)5)24-33-26-38-42(44(47)48-43(38)46)40(41(33)39)30(6)23-36(10-3)53-37-20-16-18-34(28-37)51-7/h10,15-16,19-20,23-29,31,34H,8-9,11-14,17-18,21-22H2,1-7H3,(H3,46,47,48)/b30-23+,36-10+. The van der Waals surface area contributed by atoms with Gasteiger partial charge in [0.1, 0.15) is 17.3 Å². The van der Waals surface area contributed by atoms with Crippen molar-refractivity contribution in [3.05, 3.63) is 105 Å². The van der Waals surface area contributed by atoms with Gasteiger partial charge in [0.05, 0.1) is 12.0 Å². The summed E-state index contributed by atoms with van der Waals surface area (Å²) in [6.45, 7) is 14.5. The predicted octanol–water partition coefficient (Wildman–Crippen LogP) is 11.0. The van der Waals surface area contributed by atoms with Crippen LogP contribution >= 0.6 is 11.8 Å². The Balaban J connectivity index is 1.59. The van der Waals surface area contributed by atoms with Gasteiger partial charge in [0, 0.05) is 52.1 Å². The largest absolute Gasteiger partial charge is 0.457 e. The maximum Gasteiger partial charge on any atom is 0.229 e. The van der Waals surface area contributed by atoms with Crippen LogP contribution < -0.4 is 10.5 Å². The van der Waals surface area contributed by atoms with Crippen LogP contribution in [0.2, 0.25) is 0 Å². The Labute approximate surface area is 321 Å². The van der Waals surface area contributed by atoms with E-state index in [1.807, 2.05) is 25.1 Å². The summed E-state index contributed by atoms with van der Waals surface area (Å²) in [5, 5.41) is 10.6. The van der Waals surface area contributed by atoms with Gasteiger partial charge in [-0.3, -0.25) is 10.2 Å². The summed E-state index contributed by atoms with van der Waals surface area (Å²) < 4.78 is 12.5. The molecule has 0 spiro atoms. The van der Waals surface area contributed by atoms with Gasteiger partial charge in [-0.2, -0.15) is 0 Å². The van der Waals surface area contributed by atoms with Crippen molar-refractivity contribution in [1.82, 2.24) is 4.90 Å². The van der Waals surface area contributed by atoms with Gasteiger partial charge in [0.2, 0.25) is 5.91 Å². The lowest BCUT2D eigenvalue weighted by molar-refractivity contribution is -0.134. The van der Waals surface area contributed by atoms with Crippen molar-refractivity contribution in [1.29, 1.82) is 5.41 Å². The average molecular weight is 735 g/mol. The van der Waals surface area contributed by atoms with Crippen molar-refractivity contribution in [2.24, 2.45) is 16.6 Å². The Kier molecular flexibility index (Phi) is 14.2. The molecule has 0 fully saturated rings. The highest BCUT2D eigenvalue weighted by Gasteiger charge is 2.29. The summed E-state index contributed by atoms with van der Waals surface area (Å²) in [6.07, 6.45) is 25.0. The van der Waals surface area contributed by atoms with E-state index in [0.29, 0.717) is 29.3 Å². The van der Waals surface area contributed by atoms with Crippen molar-refractivity contribution in [2.75, 3.05) is 20.2 Å². The zero-order valence-corrected chi connectivity index (χ0v) is 33.6. The van der Waals surface area contributed by atoms with Gasteiger partial charge in [-0.1, -0.05) is 95.5 Å². The van der Waals surface area contributed by atoms with Gasteiger partial charge in [0.15, 0.2) is 5.84 Å². The number of nitrogens with zero attached hydrogens (tertiary/aromatic N) is 2. The zero-order valence-electron chi connectivity index (χ0n) is 32.8. The monoisotopic (exact) mass is 734 g/mol. The summed E-state index contributed by atoms with van der Waals surface area (Å²) in [4.78, 5) is 22.7. The van der Waals surface area contributed by atoms with Crippen molar-refractivity contribution in [2.45, 2.75) is 105 Å². The molecule has 2 aromatic rings. The number of hydrogen-bond donors (Lipinski definition) is 2. The Morgan fingerprint density at radius 1 is 1.06 bits per heavy atom. The fourth-order valence-electron chi connectivity index (χ4n) is 7.17. The number of amidine groups is 2. The molecule has 3 N–H and O–H groups in total. The molecule has 0 aromatic heterocycles. The maximum atomic E-state index is 14.0. The van der Waals surface area contributed by atoms with Gasteiger partial charge in [0.25, 0.3) is 0 Å². The van der Waals surface area contributed by atoms with Crippen LogP contribution in [0.25, 0.3) is 16.3 Å². The van der Waals surface area contributed by atoms with Crippen molar-refractivity contribution >= 4 is 45.7 Å². The van der Waals surface area contributed by atoms with E-state index in [1.54, 1.807) is 18.9 Å².